The second-order valence-corrected chi connectivity index (χ2v) is 2.19. The fourth-order valence-corrected chi connectivity index (χ4v) is 0.853. The normalized spacial score (nSPS) is 13.1. The first-order chi connectivity index (χ1) is 5.88. The Bertz CT molecular complexity index is 293. The fraction of sp³-hybridized carbons (Fsp3) is 0.143. The topological polar surface area (TPSA) is 72.3 Å². The fourth-order valence-electron chi connectivity index (χ4n) is 0.853. The van der Waals surface area contributed by atoms with E-state index < -0.39 is 6.10 Å². The molecule has 12 heavy (non-hydrogen) atoms. The maximum atomic E-state index is 9.49. The van der Waals surface area contributed by atoms with Gasteiger partial charge in [0.05, 0.1) is 6.20 Å². The summed E-state index contributed by atoms with van der Waals surface area (Å²) in [5.74, 6) is 0.212. The Morgan fingerprint density at radius 1 is 1.42 bits per heavy atom. The summed E-state index contributed by atoms with van der Waals surface area (Å²) in [6.45, 7) is 0. The van der Waals surface area contributed by atoms with Gasteiger partial charge in [0.25, 0.3) is 0 Å². The monoisotopic (exact) mass is 166 g/mol. The van der Waals surface area contributed by atoms with Crippen LogP contribution in [0.3, 0.4) is 0 Å². The van der Waals surface area contributed by atoms with E-state index in [1.165, 1.54) is 25.1 Å². The number of aromatic nitrogens is 2. The van der Waals surface area contributed by atoms with Crippen molar-refractivity contribution in [3.8, 4) is 0 Å². The lowest BCUT2D eigenvalue weighted by atomic mass is 10.3. The zero-order valence-electron chi connectivity index (χ0n) is 6.04. The second-order valence-electron chi connectivity index (χ2n) is 2.19. The predicted octanol–water partition coefficient (Wildman–Crippen LogP) is 0.744. The predicted molar refractivity (Wildman–Crippen MR) is 37.1 cm³/mol. The zero-order chi connectivity index (χ0) is 8.39. The van der Waals surface area contributed by atoms with Crippen LogP contribution in [0.4, 0.5) is 0 Å². The van der Waals surface area contributed by atoms with E-state index in [9.17, 15) is 5.11 Å². The molecular formula is C7H6N2O3. The molecule has 0 radical (unpaired) electrons. The molecule has 0 aliphatic rings. The number of hydrogen-bond donors (Lipinski definition) is 1. The SMILES string of the molecule is OC(c1cocn1)c1ncco1. The van der Waals surface area contributed by atoms with Crippen LogP contribution in [0, 0.1) is 0 Å². The van der Waals surface area contributed by atoms with E-state index in [-0.39, 0.29) is 5.89 Å². The Hall–Kier alpha value is -1.62. The highest BCUT2D eigenvalue weighted by atomic mass is 16.4. The Kier molecular flexibility index (Phi) is 1.64. The van der Waals surface area contributed by atoms with E-state index >= 15 is 0 Å². The lowest BCUT2D eigenvalue weighted by Crippen LogP contribution is -1.99. The van der Waals surface area contributed by atoms with Gasteiger partial charge in [0.2, 0.25) is 5.89 Å². The maximum absolute atomic E-state index is 9.49. The number of aliphatic hydroxyl groups is 1. The molecule has 1 unspecified atom stereocenters. The number of nitrogens with zero attached hydrogens (tertiary/aromatic N) is 2. The molecule has 5 heteroatoms. The van der Waals surface area contributed by atoms with Crippen LogP contribution >= 0.6 is 0 Å². The summed E-state index contributed by atoms with van der Waals surface area (Å²) in [6.07, 6.45) is 4.48. The van der Waals surface area contributed by atoms with E-state index in [0.29, 0.717) is 5.69 Å². The third-order valence-corrected chi connectivity index (χ3v) is 1.42. The van der Waals surface area contributed by atoms with Gasteiger partial charge in [0.15, 0.2) is 12.5 Å². The lowest BCUT2D eigenvalue weighted by molar-refractivity contribution is 0.178. The van der Waals surface area contributed by atoms with Crippen LogP contribution in [0.25, 0.3) is 0 Å². The minimum absolute atomic E-state index is 0.212. The molecule has 0 fully saturated rings. The zero-order valence-corrected chi connectivity index (χ0v) is 6.04. The molecule has 0 aliphatic carbocycles. The van der Waals surface area contributed by atoms with Crippen LogP contribution < -0.4 is 0 Å². The first kappa shape index (κ1) is 7.05. The van der Waals surface area contributed by atoms with Gasteiger partial charge in [-0.2, -0.15) is 0 Å². The molecule has 2 aromatic heterocycles. The van der Waals surface area contributed by atoms with Crippen molar-refractivity contribution in [2.75, 3.05) is 0 Å². The molecule has 0 saturated carbocycles. The molecule has 0 saturated heterocycles. The van der Waals surface area contributed by atoms with Crippen molar-refractivity contribution in [2.45, 2.75) is 6.10 Å². The van der Waals surface area contributed by atoms with Crippen LogP contribution in [0.2, 0.25) is 0 Å². The van der Waals surface area contributed by atoms with E-state index in [0.717, 1.165) is 0 Å². The molecule has 0 aromatic carbocycles. The first-order valence-corrected chi connectivity index (χ1v) is 3.33. The van der Waals surface area contributed by atoms with Crippen molar-refractivity contribution in [3.63, 3.8) is 0 Å². The second kappa shape index (κ2) is 2.78. The number of aliphatic hydroxyl groups excluding tert-OH is 1. The van der Waals surface area contributed by atoms with E-state index in [1.54, 1.807) is 0 Å². The molecular weight excluding hydrogens is 160 g/mol. The summed E-state index contributed by atoms with van der Waals surface area (Å²) < 4.78 is 9.57. The molecule has 0 aliphatic heterocycles. The maximum Gasteiger partial charge on any atom is 0.229 e. The summed E-state index contributed by atoms with van der Waals surface area (Å²) in [5, 5.41) is 9.49. The van der Waals surface area contributed by atoms with Crippen molar-refractivity contribution >= 4 is 0 Å². The lowest BCUT2D eigenvalue weighted by Gasteiger charge is -1.99. The molecule has 2 aromatic rings. The van der Waals surface area contributed by atoms with E-state index in [4.69, 9.17) is 8.83 Å². The number of oxazole rings is 2. The minimum Gasteiger partial charge on any atom is -0.451 e. The van der Waals surface area contributed by atoms with Crippen LogP contribution in [-0.2, 0) is 0 Å². The molecule has 5 nitrogen and oxygen atoms in total. The van der Waals surface area contributed by atoms with Gasteiger partial charge in [-0.3, -0.25) is 0 Å². The van der Waals surface area contributed by atoms with Crippen LogP contribution in [0.5, 0.6) is 0 Å². The summed E-state index contributed by atoms with van der Waals surface area (Å²) >= 11 is 0. The third-order valence-electron chi connectivity index (χ3n) is 1.42. The summed E-state index contributed by atoms with van der Waals surface area (Å²) in [6, 6.07) is 0. The Morgan fingerprint density at radius 2 is 2.33 bits per heavy atom. The van der Waals surface area contributed by atoms with Gasteiger partial charge < -0.3 is 13.9 Å². The Labute approximate surface area is 67.7 Å². The van der Waals surface area contributed by atoms with Gasteiger partial charge in [0, 0.05) is 0 Å². The highest BCUT2D eigenvalue weighted by molar-refractivity contribution is 5.06. The third kappa shape index (κ3) is 1.10. The van der Waals surface area contributed by atoms with Gasteiger partial charge in [-0.1, -0.05) is 0 Å². The molecule has 0 spiro atoms. The highest BCUT2D eigenvalue weighted by Gasteiger charge is 2.16. The van der Waals surface area contributed by atoms with Gasteiger partial charge >= 0.3 is 0 Å². The van der Waals surface area contributed by atoms with Crippen molar-refractivity contribution < 1.29 is 13.9 Å². The standard InChI is InChI=1S/C7H6N2O3/c10-6(5-3-11-4-9-5)7-8-1-2-12-7/h1-4,6,10H. The first-order valence-electron chi connectivity index (χ1n) is 3.33. The van der Waals surface area contributed by atoms with Crippen LogP contribution in [0.1, 0.15) is 17.7 Å². The largest absolute Gasteiger partial charge is 0.451 e. The van der Waals surface area contributed by atoms with Gasteiger partial charge in [-0.15, -0.1) is 0 Å². The molecule has 2 rings (SSSR count). The minimum atomic E-state index is -0.946. The van der Waals surface area contributed by atoms with Gasteiger partial charge in [0.1, 0.15) is 18.2 Å². The smallest absolute Gasteiger partial charge is 0.229 e. The van der Waals surface area contributed by atoms with Gasteiger partial charge in [-0.05, 0) is 0 Å². The van der Waals surface area contributed by atoms with E-state index in [1.807, 2.05) is 0 Å². The van der Waals surface area contributed by atoms with Crippen molar-refractivity contribution in [1.29, 1.82) is 0 Å². The van der Waals surface area contributed by atoms with Gasteiger partial charge in [-0.25, -0.2) is 9.97 Å². The Morgan fingerprint density at radius 3 is 2.92 bits per heavy atom. The number of rotatable bonds is 2. The summed E-state index contributed by atoms with van der Waals surface area (Å²) in [7, 11) is 0. The summed E-state index contributed by atoms with van der Waals surface area (Å²) in [5.41, 5.74) is 0.387. The van der Waals surface area contributed by atoms with Crippen molar-refractivity contribution in [2.24, 2.45) is 0 Å². The highest BCUT2D eigenvalue weighted by Crippen LogP contribution is 2.17. The Balaban J connectivity index is 2.27. The van der Waals surface area contributed by atoms with Crippen molar-refractivity contribution in [3.05, 3.63) is 36.7 Å². The van der Waals surface area contributed by atoms with Crippen LogP contribution in [-0.4, -0.2) is 15.1 Å². The molecule has 0 bridgehead atoms. The average molecular weight is 166 g/mol. The van der Waals surface area contributed by atoms with E-state index in [2.05, 4.69) is 9.97 Å². The van der Waals surface area contributed by atoms with Crippen molar-refractivity contribution in [1.82, 2.24) is 9.97 Å². The average Bonchev–Trinajstić information content (AvgIpc) is 2.77. The summed E-state index contributed by atoms with van der Waals surface area (Å²) in [4.78, 5) is 7.53. The molecule has 1 N–H and O–H groups in total. The quantitative estimate of drug-likeness (QED) is 0.712. The molecule has 1 atom stereocenters. The number of hydrogen-bond acceptors (Lipinski definition) is 5. The molecule has 62 valence electrons. The molecule has 0 amide bonds. The molecule has 2 heterocycles. The van der Waals surface area contributed by atoms with Crippen LogP contribution in [0.15, 0.2) is 34.0 Å².